The summed E-state index contributed by atoms with van der Waals surface area (Å²) in [6.07, 6.45) is 0. The fourth-order valence-electron chi connectivity index (χ4n) is 2.10. The molecule has 0 aliphatic carbocycles. The summed E-state index contributed by atoms with van der Waals surface area (Å²) in [5.74, 6) is -2.92. The molecule has 0 fully saturated rings. The molecule has 2 aromatic rings. The molecule has 2 aromatic carbocycles. The highest BCUT2D eigenvalue weighted by atomic mass is 19.1. The van der Waals surface area contributed by atoms with Crippen LogP contribution in [0.3, 0.4) is 0 Å². The predicted octanol–water partition coefficient (Wildman–Crippen LogP) is 3.42. The SMILES string of the molecule is CCOC(=O)c1ccccc1N(C)C(=O)c1cc(F)ccc1F. The molecule has 0 spiro atoms. The molecule has 23 heavy (non-hydrogen) atoms. The van der Waals surface area contributed by atoms with E-state index >= 15 is 0 Å². The quantitative estimate of drug-likeness (QED) is 0.811. The van der Waals surface area contributed by atoms with Gasteiger partial charge in [0.05, 0.1) is 23.4 Å². The van der Waals surface area contributed by atoms with Crippen molar-refractivity contribution in [1.82, 2.24) is 0 Å². The molecule has 0 heterocycles. The number of hydrogen-bond donors (Lipinski definition) is 0. The Balaban J connectivity index is 2.40. The van der Waals surface area contributed by atoms with Crippen molar-refractivity contribution < 1.29 is 23.1 Å². The number of hydrogen-bond acceptors (Lipinski definition) is 3. The second kappa shape index (κ2) is 7.00. The Labute approximate surface area is 132 Å². The lowest BCUT2D eigenvalue weighted by Crippen LogP contribution is -2.29. The van der Waals surface area contributed by atoms with Gasteiger partial charge in [-0.2, -0.15) is 0 Å². The third-order valence-electron chi connectivity index (χ3n) is 3.22. The largest absolute Gasteiger partial charge is 0.462 e. The molecule has 1 amide bonds. The monoisotopic (exact) mass is 319 g/mol. The van der Waals surface area contributed by atoms with Crippen molar-refractivity contribution in [3.8, 4) is 0 Å². The van der Waals surface area contributed by atoms with E-state index in [1.165, 1.54) is 19.2 Å². The molecular weight excluding hydrogens is 304 g/mol. The Kier molecular flexibility index (Phi) is 5.05. The molecule has 0 N–H and O–H groups in total. The highest BCUT2D eigenvalue weighted by Crippen LogP contribution is 2.23. The number of anilines is 1. The number of nitrogens with zero attached hydrogens (tertiary/aromatic N) is 1. The summed E-state index contributed by atoms with van der Waals surface area (Å²) >= 11 is 0. The highest BCUT2D eigenvalue weighted by molar-refractivity contribution is 6.09. The molecule has 4 nitrogen and oxygen atoms in total. The lowest BCUT2D eigenvalue weighted by Gasteiger charge is -2.20. The molecule has 6 heteroatoms. The third kappa shape index (κ3) is 3.53. The minimum Gasteiger partial charge on any atom is -0.462 e. The Bertz CT molecular complexity index is 746. The number of para-hydroxylation sites is 1. The molecule has 0 aliphatic rings. The molecule has 0 bridgehead atoms. The minimum absolute atomic E-state index is 0.169. The van der Waals surface area contributed by atoms with Crippen LogP contribution < -0.4 is 4.90 Å². The van der Waals surface area contributed by atoms with Gasteiger partial charge in [0.15, 0.2) is 0 Å². The zero-order valence-corrected chi connectivity index (χ0v) is 12.7. The summed E-state index contributed by atoms with van der Waals surface area (Å²) in [6.45, 7) is 1.85. The molecule has 0 aromatic heterocycles. The first-order valence-corrected chi connectivity index (χ1v) is 6.95. The van der Waals surface area contributed by atoms with Gasteiger partial charge >= 0.3 is 5.97 Å². The van der Waals surface area contributed by atoms with Crippen molar-refractivity contribution in [3.63, 3.8) is 0 Å². The van der Waals surface area contributed by atoms with Crippen LogP contribution in [0, 0.1) is 11.6 Å². The molecule has 120 valence electrons. The van der Waals surface area contributed by atoms with Gasteiger partial charge in [0.2, 0.25) is 0 Å². The zero-order chi connectivity index (χ0) is 17.0. The Morgan fingerprint density at radius 3 is 2.48 bits per heavy atom. The average Bonchev–Trinajstić information content (AvgIpc) is 2.56. The van der Waals surface area contributed by atoms with E-state index in [2.05, 4.69) is 0 Å². The number of amides is 1. The maximum absolute atomic E-state index is 13.8. The van der Waals surface area contributed by atoms with Crippen LogP contribution >= 0.6 is 0 Å². The summed E-state index contributed by atoms with van der Waals surface area (Å²) in [5.41, 5.74) is 0.00721. The number of benzene rings is 2. The average molecular weight is 319 g/mol. The number of halogens is 2. The topological polar surface area (TPSA) is 46.6 Å². The van der Waals surface area contributed by atoms with Gasteiger partial charge in [0.25, 0.3) is 5.91 Å². The molecule has 0 radical (unpaired) electrons. The third-order valence-corrected chi connectivity index (χ3v) is 3.22. The van der Waals surface area contributed by atoms with E-state index in [9.17, 15) is 18.4 Å². The smallest absolute Gasteiger partial charge is 0.340 e. The molecular formula is C17H15F2NO3. The van der Waals surface area contributed by atoms with Gasteiger partial charge in [-0.25, -0.2) is 13.6 Å². The summed E-state index contributed by atoms with van der Waals surface area (Å²) in [6, 6.07) is 8.91. The van der Waals surface area contributed by atoms with E-state index in [4.69, 9.17) is 4.74 Å². The van der Waals surface area contributed by atoms with Gasteiger partial charge < -0.3 is 9.64 Å². The molecule has 0 saturated heterocycles. The molecule has 0 aliphatic heterocycles. The van der Waals surface area contributed by atoms with E-state index in [0.29, 0.717) is 0 Å². The Hall–Kier alpha value is -2.76. The van der Waals surface area contributed by atoms with Gasteiger partial charge in [0.1, 0.15) is 11.6 Å². The first-order chi connectivity index (χ1) is 11.0. The lowest BCUT2D eigenvalue weighted by molar-refractivity contribution is 0.0527. The van der Waals surface area contributed by atoms with E-state index < -0.39 is 29.1 Å². The predicted molar refractivity (Wildman–Crippen MR) is 81.5 cm³/mol. The van der Waals surface area contributed by atoms with Crippen molar-refractivity contribution in [3.05, 3.63) is 65.2 Å². The van der Waals surface area contributed by atoms with Crippen molar-refractivity contribution in [2.75, 3.05) is 18.6 Å². The van der Waals surface area contributed by atoms with Crippen molar-refractivity contribution >= 4 is 17.6 Å². The molecule has 0 unspecified atom stereocenters. The van der Waals surface area contributed by atoms with Crippen LogP contribution in [0.15, 0.2) is 42.5 Å². The van der Waals surface area contributed by atoms with Gasteiger partial charge in [-0.1, -0.05) is 12.1 Å². The van der Waals surface area contributed by atoms with Crippen LogP contribution in [0.1, 0.15) is 27.6 Å². The fraction of sp³-hybridized carbons (Fsp3) is 0.176. The van der Waals surface area contributed by atoms with E-state index in [0.717, 1.165) is 23.1 Å². The van der Waals surface area contributed by atoms with Crippen molar-refractivity contribution in [1.29, 1.82) is 0 Å². The normalized spacial score (nSPS) is 10.3. The zero-order valence-electron chi connectivity index (χ0n) is 12.7. The summed E-state index contributed by atoms with van der Waals surface area (Å²) in [4.78, 5) is 25.5. The van der Waals surface area contributed by atoms with Crippen LogP contribution in [0.25, 0.3) is 0 Å². The lowest BCUT2D eigenvalue weighted by atomic mass is 10.1. The Morgan fingerprint density at radius 1 is 1.09 bits per heavy atom. The van der Waals surface area contributed by atoms with E-state index in [1.54, 1.807) is 19.1 Å². The fourth-order valence-corrected chi connectivity index (χ4v) is 2.10. The number of ether oxygens (including phenoxy) is 1. The number of esters is 1. The summed E-state index contributed by atoms with van der Waals surface area (Å²) in [7, 11) is 1.38. The molecule has 2 rings (SSSR count). The second-order valence-corrected chi connectivity index (χ2v) is 4.73. The van der Waals surface area contributed by atoms with Crippen LogP contribution in [-0.4, -0.2) is 25.5 Å². The van der Waals surface area contributed by atoms with Crippen LogP contribution in [0.4, 0.5) is 14.5 Å². The molecule has 0 atom stereocenters. The maximum atomic E-state index is 13.8. The first kappa shape index (κ1) is 16.6. The highest BCUT2D eigenvalue weighted by Gasteiger charge is 2.22. The first-order valence-electron chi connectivity index (χ1n) is 6.95. The second-order valence-electron chi connectivity index (χ2n) is 4.73. The summed E-state index contributed by atoms with van der Waals surface area (Å²) < 4.78 is 32.0. The van der Waals surface area contributed by atoms with Gasteiger partial charge in [-0.3, -0.25) is 4.79 Å². The standard InChI is InChI=1S/C17H15F2NO3/c1-3-23-17(22)12-6-4-5-7-15(12)20(2)16(21)13-10-11(18)8-9-14(13)19/h4-10H,3H2,1-2H3. The van der Waals surface area contributed by atoms with Crippen LogP contribution in [0.5, 0.6) is 0 Å². The maximum Gasteiger partial charge on any atom is 0.340 e. The van der Waals surface area contributed by atoms with E-state index in [1.807, 2.05) is 0 Å². The van der Waals surface area contributed by atoms with Crippen LogP contribution in [-0.2, 0) is 4.74 Å². The number of carbonyl (C=O) groups is 2. The number of carbonyl (C=O) groups excluding carboxylic acids is 2. The van der Waals surface area contributed by atoms with Crippen molar-refractivity contribution in [2.24, 2.45) is 0 Å². The van der Waals surface area contributed by atoms with Crippen molar-refractivity contribution in [2.45, 2.75) is 6.92 Å². The Morgan fingerprint density at radius 2 is 1.78 bits per heavy atom. The van der Waals surface area contributed by atoms with Gasteiger partial charge in [-0.05, 0) is 37.3 Å². The van der Waals surface area contributed by atoms with Gasteiger partial charge in [0, 0.05) is 7.05 Å². The number of rotatable bonds is 4. The minimum atomic E-state index is -0.836. The van der Waals surface area contributed by atoms with E-state index in [-0.39, 0.29) is 17.9 Å². The summed E-state index contributed by atoms with van der Waals surface area (Å²) in [5, 5.41) is 0. The molecule has 0 saturated carbocycles. The van der Waals surface area contributed by atoms with Crippen LogP contribution in [0.2, 0.25) is 0 Å². The van der Waals surface area contributed by atoms with Gasteiger partial charge in [-0.15, -0.1) is 0 Å².